The van der Waals surface area contributed by atoms with E-state index in [1.807, 2.05) is 0 Å². The van der Waals surface area contributed by atoms with E-state index in [1.165, 1.54) is 22.0 Å². The second-order valence-corrected chi connectivity index (χ2v) is 7.69. The fourth-order valence-electron chi connectivity index (χ4n) is 2.39. The van der Waals surface area contributed by atoms with Crippen LogP contribution >= 0.6 is 15.9 Å². The van der Waals surface area contributed by atoms with E-state index in [-0.39, 0.29) is 0 Å². The van der Waals surface area contributed by atoms with E-state index in [0.717, 1.165) is 26.2 Å². The van der Waals surface area contributed by atoms with Gasteiger partial charge in [0.15, 0.2) is 0 Å². The van der Waals surface area contributed by atoms with Gasteiger partial charge in [-0.25, -0.2) is 0 Å². The molecule has 0 radical (unpaired) electrons. The molecule has 0 aliphatic heterocycles. The normalized spacial score (nSPS) is 12.2. The summed E-state index contributed by atoms with van der Waals surface area (Å²) in [7, 11) is 2.19. The summed E-state index contributed by atoms with van der Waals surface area (Å²) in [5.41, 5.74) is 3.04. The van der Waals surface area contributed by atoms with Gasteiger partial charge in [-0.3, -0.25) is 0 Å². The van der Waals surface area contributed by atoms with Crippen LogP contribution in [-0.4, -0.2) is 25.0 Å². The highest BCUT2D eigenvalue weighted by Gasteiger charge is 2.14. The van der Waals surface area contributed by atoms with Crippen LogP contribution in [0.5, 0.6) is 0 Å². The minimum absolute atomic E-state index is 0.339. The molecule has 0 spiro atoms. The average molecular weight is 341 g/mol. The number of rotatable bonds is 7. The van der Waals surface area contributed by atoms with Crippen molar-refractivity contribution in [2.75, 3.05) is 20.1 Å². The van der Waals surface area contributed by atoms with Gasteiger partial charge in [0.25, 0.3) is 0 Å². The van der Waals surface area contributed by atoms with Crippen LogP contribution < -0.4 is 5.32 Å². The molecule has 0 saturated heterocycles. The quantitative estimate of drug-likeness (QED) is 0.738. The third-order valence-electron chi connectivity index (χ3n) is 3.06. The van der Waals surface area contributed by atoms with Crippen molar-refractivity contribution in [3.8, 4) is 0 Å². The third kappa shape index (κ3) is 6.87. The molecule has 0 atom stereocenters. The second-order valence-electron chi connectivity index (χ2n) is 6.84. The number of halogens is 1. The smallest absolute Gasteiger partial charge is 0.0242 e. The average Bonchev–Trinajstić information content (AvgIpc) is 2.30. The van der Waals surface area contributed by atoms with E-state index >= 15 is 0 Å². The van der Waals surface area contributed by atoms with Crippen LogP contribution in [0.3, 0.4) is 0 Å². The monoisotopic (exact) mass is 340 g/mol. The van der Waals surface area contributed by atoms with Gasteiger partial charge in [0, 0.05) is 24.1 Å². The Bertz CT molecular complexity index is 410. The molecule has 0 amide bonds. The molecular weight excluding hydrogens is 312 g/mol. The lowest BCUT2D eigenvalue weighted by atomic mass is 9.96. The van der Waals surface area contributed by atoms with Gasteiger partial charge in [0.1, 0.15) is 0 Å². The first kappa shape index (κ1) is 17.7. The van der Waals surface area contributed by atoms with E-state index in [0.29, 0.717) is 5.41 Å². The molecule has 114 valence electrons. The van der Waals surface area contributed by atoms with E-state index < -0.39 is 0 Å². The Hall–Kier alpha value is -0.380. The van der Waals surface area contributed by atoms with Gasteiger partial charge in [-0.1, -0.05) is 55.8 Å². The topological polar surface area (TPSA) is 15.3 Å². The first-order chi connectivity index (χ1) is 9.31. The molecule has 0 heterocycles. The van der Waals surface area contributed by atoms with Gasteiger partial charge in [-0.15, -0.1) is 0 Å². The van der Waals surface area contributed by atoms with Crippen LogP contribution in [0.1, 0.15) is 45.2 Å². The van der Waals surface area contributed by atoms with Crippen molar-refractivity contribution in [1.29, 1.82) is 0 Å². The summed E-state index contributed by atoms with van der Waals surface area (Å²) >= 11 is 3.71. The first-order valence-corrected chi connectivity index (χ1v) is 8.27. The Kier molecular flexibility index (Phi) is 7.21. The Morgan fingerprint density at radius 2 is 1.95 bits per heavy atom. The van der Waals surface area contributed by atoms with Gasteiger partial charge in [0.05, 0.1) is 0 Å². The zero-order valence-corrected chi connectivity index (χ0v) is 15.2. The summed E-state index contributed by atoms with van der Waals surface area (Å²) in [6.45, 7) is 13.1. The molecule has 20 heavy (non-hydrogen) atoms. The molecule has 1 N–H and O–H groups in total. The zero-order chi connectivity index (χ0) is 15.2. The predicted molar refractivity (Wildman–Crippen MR) is 91.9 cm³/mol. The molecule has 3 heteroatoms. The standard InChI is InChI=1S/C17H29BrN2/c1-6-9-19-11-14-7-8-15(16(18)10-14)12-20(5)13-17(2,3)4/h7-8,10,19H,6,9,11-13H2,1-5H3. The van der Waals surface area contributed by atoms with Crippen LogP contribution in [0.4, 0.5) is 0 Å². The molecule has 2 nitrogen and oxygen atoms in total. The molecule has 0 bridgehead atoms. The Morgan fingerprint density at radius 3 is 2.50 bits per heavy atom. The summed E-state index contributed by atoms with van der Waals surface area (Å²) in [5.74, 6) is 0. The zero-order valence-electron chi connectivity index (χ0n) is 13.6. The summed E-state index contributed by atoms with van der Waals surface area (Å²) < 4.78 is 1.22. The highest BCUT2D eigenvalue weighted by Crippen LogP contribution is 2.22. The lowest BCUT2D eigenvalue weighted by Crippen LogP contribution is -2.29. The van der Waals surface area contributed by atoms with Gasteiger partial charge >= 0.3 is 0 Å². The van der Waals surface area contributed by atoms with Crippen molar-refractivity contribution in [3.05, 3.63) is 33.8 Å². The molecule has 0 aliphatic rings. The van der Waals surface area contributed by atoms with Gasteiger partial charge in [0.2, 0.25) is 0 Å². The fourth-order valence-corrected chi connectivity index (χ4v) is 2.95. The highest BCUT2D eigenvalue weighted by molar-refractivity contribution is 9.10. The molecule has 0 unspecified atom stereocenters. The molecule has 1 rings (SSSR count). The summed E-state index contributed by atoms with van der Waals surface area (Å²) in [5, 5.41) is 3.44. The number of nitrogens with one attached hydrogen (secondary N) is 1. The molecule has 1 aromatic rings. The van der Waals surface area contributed by atoms with Crippen molar-refractivity contribution in [3.63, 3.8) is 0 Å². The van der Waals surface area contributed by atoms with Crippen molar-refractivity contribution < 1.29 is 0 Å². The lowest BCUT2D eigenvalue weighted by molar-refractivity contribution is 0.220. The van der Waals surface area contributed by atoms with E-state index in [4.69, 9.17) is 0 Å². The summed E-state index contributed by atoms with van der Waals surface area (Å²) in [4.78, 5) is 2.38. The number of hydrogen-bond acceptors (Lipinski definition) is 2. The molecule has 0 aromatic heterocycles. The minimum Gasteiger partial charge on any atom is -0.313 e. The molecular formula is C17H29BrN2. The largest absolute Gasteiger partial charge is 0.313 e. The summed E-state index contributed by atoms with van der Waals surface area (Å²) in [6, 6.07) is 6.71. The molecule has 0 aliphatic carbocycles. The predicted octanol–water partition coefficient (Wildman–Crippen LogP) is 4.43. The SMILES string of the molecule is CCCNCc1ccc(CN(C)CC(C)(C)C)c(Br)c1. The van der Waals surface area contributed by atoms with Crippen molar-refractivity contribution in [2.45, 2.75) is 47.2 Å². The summed E-state index contributed by atoms with van der Waals surface area (Å²) in [6.07, 6.45) is 1.18. The Balaban J connectivity index is 2.59. The van der Waals surface area contributed by atoms with Gasteiger partial charge in [-0.2, -0.15) is 0 Å². The minimum atomic E-state index is 0.339. The molecule has 1 aromatic carbocycles. The number of benzene rings is 1. The lowest BCUT2D eigenvalue weighted by Gasteiger charge is -2.27. The van der Waals surface area contributed by atoms with Crippen LogP contribution in [-0.2, 0) is 13.1 Å². The Morgan fingerprint density at radius 1 is 1.25 bits per heavy atom. The first-order valence-electron chi connectivity index (χ1n) is 7.48. The van der Waals surface area contributed by atoms with Gasteiger partial charge < -0.3 is 10.2 Å². The highest BCUT2D eigenvalue weighted by atomic mass is 79.9. The van der Waals surface area contributed by atoms with Crippen LogP contribution in [0.25, 0.3) is 0 Å². The van der Waals surface area contributed by atoms with Crippen molar-refractivity contribution >= 4 is 15.9 Å². The van der Waals surface area contributed by atoms with Gasteiger partial charge in [-0.05, 0) is 42.6 Å². The molecule has 0 fully saturated rings. The Labute approximate surface area is 133 Å². The van der Waals surface area contributed by atoms with Crippen LogP contribution in [0.15, 0.2) is 22.7 Å². The maximum Gasteiger partial charge on any atom is 0.0242 e. The second kappa shape index (κ2) is 8.16. The maximum atomic E-state index is 3.71. The van der Waals surface area contributed by atoms with Crippen LogP contribution in [0, 0.1) is 5.41 Å². The maximum absolute atomic E-state index is 3.71. The third-order valence-corrected chi connectivity index (χ3v) is 3.80. The van der Waals surface area contributed by atoms with E-state index in [9.17, 15) is 0 Å². The number of hydrogen-bond donors (Lipinski definition) is 1. The fraction of sp³-hybridized carbons (Fsp3) is 0.647. The van der Waals surface area contributed by atoms with E-state index in [2.05, 4.69) is 79.1 Å². The van der Waals surface area contributed by atoms with E-state index in [1.54, 1.807) is 0 Å². The van der Waals surface area contributed by atoms with Crippen molar-refractivity contribution in [1.82, 2.24) is 10.2 Å². The molecule has 0 saturated carbocycles. The van der Waals surface area contributed by atoms with Crippen molar-refractivity contribution in [2.24, 2.45) is 5.41 Å². The number of nitrogens with zero attached hydrogens (tertiary/aromatic N) is 1. The van der Waals surface area contributed by atoms with Crippen LogP contribution in [0.2, 0.25) is 0 Å².